The summed E-state index contributed by atoms with van der Waals surface area (Å²) in [5.74, 6) is -1.43. The molecule has 31 heavy (non-hydrogen) atoms. The number of nitro groups is 1. The molecule has 0 unspecified atom stereocenters. The van der Waals surface area contributed by atoms with Crippen LogP contribution in [0.4, 0.5) is 5.69 Å². The quantitative estimate of drug-likeness (QED) is 0.273. The van der Waals surface area contributed by atoms with Crippen LogP contribution in [0.3, 0.4) is 0 Å². The predicted molar refractivity (Wildman–Crippen MR) is 118 cm³/mol. The lowest BCUT2D eigenvalue weighted by Crippen LogP contribution is -2.33. The van der Waals surface area contributed by atoms with Gasteiger partial charge in [-0.05, 0) is 17.7 Å². The molecular formula is C20H16N2O7S2. The summed E-state index contributed by atoms with van der Waals surface area (Å²) in [7, 11) is 1.40. The van der Waals surface area contributed by atoms with Gasteiger partial charge in [-0.3, -0.25) is 24.6 Å². The minimum atomic E-state index is -1.22. The Balaban J connectivity index is 1.94. The fraction of sp³-hybridized carbons (Fsp3) is 0.150. The first-order valence-electron chi connectivity index (χ1n) is 8.80. The Labute approximate surface area is 186 Å². The highest BCUT2D eigenvalue weighted by Crippen LogP contribution is 2.39. The fourth-order valence-electron chi connectivity index (χ4n) is 2.76. The topological polar surface area (TPSA) is 119 Å². The first-order chi connectivity index (χ1) is 14.8. The molecule has 0 aliphatic carbocycles. The van der Waals surface area contributed by atoms with E-state index >= 15 is 0 Å². The van der Waals surface area contributed by atoms with E-state index in [1.165, 1.54) is 25.3 Å². The Kier molecular flexibility index (Phi) is 6.88. The normalized spacial score (nSPS) is 14.7. The second-order valence-corrected chi connectivity index (χ2v) is 7.93. The number of carboxylic acids is 1. The van der Waals surface area contributed by atoms with Crippen LogP contribution in [0.15, 0.2) is 47.4 Å². The van der Waals surface area contributed by atoms with Gasteiger partial charge in [0.25, 0.3) is 11.6 Å². The molecule has 2 aromatic rings. The number of benzene rings is 2. The van der Waals surface area contributed by atoms with Gasteiger partial charge in [-0.25, -0.2) is 0 Å². The zero-order valence-corrected chi connectivity index (χ0v) is 17.8. The highest BCUT2D eigenvalue weighted by atomic mass is 32.2. The molecule has 1 saturated heterocycles. The van der Waals surface area contributed by atoms with Gasteiger partial charge in [0, 0.05) is 0 Å². The number of aliphatic carboxylic acids is 1. The number of hydrogen-bond donors (Lipinski definition) is 1. The van der Waals surface area contributed by atoms with Crippen LogP contribution in [-0.2, 0) is 16.2 Å². The van der Waals surface area contributed by atoms with E-state index in [1.54, 1.807) is 0 Å². The molecule has 0 radical (unpaired) electrons. The number of hydrogen-bond acceptors (Lipinski definition) is 8. The van der Waals surface area contributed by atoms with Crippen molar-refractivity contribution in [3.05, 3.63) is 68.6 Å². The zero-order chi connectivity index (χ0) is 22.5. The van der Waals surface area contributed by atoms with E-state index in [2.05, 4.69) is 0 Å². The summed E-state index contributed by atoms with van der Waals surface area (Å²) in [5.41, 5.74) is 0.676. The van der Waals surface area contributed by atoms with Gasteiger partial charge in [-0.1, -0.05) is 54.3 Å². The van der Waals surface area contributed by atoms with Crippen LogP contribution < -0.4 is 9.47 Å². The first kappa shape index (κ1) is 22.2. The summed E-state index contributed by atoms with van der Waals surface area (Å²) < 4.78 is 11.1. The minimum absolute atomic E-state index is 0.0658. The maximum atomic E-state index is 12.5. The summed E-state index contributed by atoms with van der Waals surface area (Å²) in [5, 5.41) is 20.6. The lowest BCUT2D eigenvalue weighted by atomic mass is 10.1. The second kappa shape index (κ2) is 9.58. The largest absolute Gasteiger partial charge is 0.493 e. The van der Waals surface area contributed by atoms with Gasteiger partial charge < -0.3 is 14.6 Å². The summed E-state index contributed by atoms with van der Waals surface area (Å²) in [6.07, 6.45) is 1.29. The van der Waals surface area contributed by atoms with Gasteiger partial charge >= 0.3 is 5.97 Å². The number of carbonyl (C=O) groups is 2. The third-order valence-corrected chi connectivity index (χ3v) is 5.58. The van der Waals surface area contributed by atoms with Gasteiger partial charge in [0.1, 0.15) is 17.5 Å². The number of thiocarbonyl (C=S) groups is 1. The van der Waals surface area contributed by atoms with Crippen LogP contribution >= 0.6 is 24.0 Å². The second-order valence-electron chi connectivity index (χ2n) is 6.25. The van der Waals surface area contributed by atoms with Gasteiger partial charge in [0.05, 0.1) is 28.6 Å². The van der Waals surface area contributed by atoms with E-state index in [-0.39, 0.29) is 38.6 Å². The maximum Gasteiger partial charge on any atom is 0.323 e. The molecule has 1 aliphatic heterocycles. The highest BCUT2D eigenvalue weighted by Gasteiger charge is 2.34. The van der Waals surface area contributed by atoms with Crippen LogP contribution in [0.5, 0.6) is 11.5 Å². The molecule has 3 rings (SSSR count). The van der Waals surface area contributed by atoms with Crippen molar-refractivity contribution < 1.29 is 29.1 Å². The van der Waals surface area contributed by atoms with Crippen LogP contribution in [0.25, 0.3) is 6.08 Å². The van der Waals surface area contributed by atoms with Crippen molar-refractivity contribution in [3.63, 3.8) is 0 Å². The van der Waals surface area contributed by atoms with Crippen molar-refractivity contribution in [2.75, 3.05) is 13.7 Å². The van der Waals surface area contributed by atoms with E-state index in [1.807, 2.05) is 30.3 Å². The maximum absolute atomic E-state index is 12.5. The molecule has 1 fully saturated rings. The third kappa shape index (κ3) is 5.19. The van der Waals surface area contributed by atoms with Gasteiger partial charge in [0.15, 0.2) is 11.5 Å². The SMILES string of the molecule is COc1cc(/C=C2\SC(=S)N(CC(=O)O)C2=O)c([N+](=O)[O-])cc1OCc1ccccc1. The van der Waals surface area contributed by atoms with E-state index < -0.39 is 23.3 Å². The number of rotatable bonds is 8. The van der Waals surface area contributed by atoms with Crippen molar-refractivity contribution in [2.45, 2.75) is 6.61 Å². The van der Waals surface area contributed by atoms with Crippen LogP contribution in [0.1, 0.15) is 11.1 Å². The fourth-order valence-corrected chi connectivity index (χ4v) is 4.01. The van der Waals surface area contributed by atoms with Gasteiger partial charge in [-0.2, -0.15) is 0 Å². The van der Waals surface area contributed by atoms with E-state index in [0.717, 1.165) is 22.2 Å². The third-order valence-electron chi connectivity index (χ3n) is 4.20. The average Bonchev–Trinajstić information content (AvgIpc) is 2.99. The van der Waals surface area contributed by atoms with E-state index in [0.29, 0.717) is 0 Å². The number of amides is 1. The first-order valence-corrected chi connectivity index (χ1v) is 10.0. The molecule has 0 aromatic heterocycles. The van der Waals surface area contributed by atoms with E-state index in [4.69, 9.17) is 26.8 Å². The lowest BCUT2D eigenvalue weighted by Gasteiger charge is -2.12. The lowest BCUT2D eigenvalue weighted by molar-refractivity contribution is -0.385. The average molecular weight is 460 g/mol. The molecule has 0 bridgehead atoms. The summed E-state index contributed by atoms with van der Waals surface area (Å²) in [6, 6.07) is 11.9. The van der Waals surface area contributed by atoms with Crippen LogP contribution in [0, 0.1) is 10.1 Å². The molecule has 0 atom stereocenters. The highest BCUT2D eigenvalue weighted by molar-refractivity contribution is 8.26. The molecule has 1 N–H and O–H groups in total. The number of thioether (sulfide) groups is 1. The summed E-state index contributed by atoms with van der Waals surface area (Å²) >= 11 is 5.92. The van der Waals surface area contributed by atoms with E-state index in [9.17, 15) is 19.7 Å². The Morgan fingerprint density at radius 3 is 2.61 bits per heavy atom. The number of methoxy groups -OCH3 is 1. The number of carbonyl (C=O) groups excluding carboxylic acids is 1. The standard InChI is InChI=1S/C20H16N2O7S2/c1-28-15-7-13(8-17-19(25)21(10-18(23)24)20(30)31-17)14(22(26)27)9-16(15)29-11-12-5-3-2-4-6-12/h2-9H,10-11H2,1H3,(H,23,24)/b17-8-. The molecular weight excluding hydrogens is 444 g/mol. The smallest absolute Gasteiger partial charge is 0.323 e. The summed E-state index contributed by atoms with van der Waals surface area (Å²) in [6.45, 7) is -0.402. The molecule has 1 aliphatic rings. The number of carboxylic acid groups (broad SMARTS) is 1. The van der Waals surface area contributed by atoms with Crippen molar-refractivity contribution in [2.24, 2.45) is 0 Å². The Morgan fingerprint density at radius 2 is 2.00 bits per heavy atom. The van der Waals surface area contributed by atoms with Gasteiger partial charge in [0.2, 0.25) is 0 Å². The summed E-state index contributed by atoms with van der Waals surface area (Å²) in [4.78, 5) is 35.5. The predicted octanol–water partition coefficient (Wildman–Crippen LogP) is 3.47. The molecule has 9 nitrogen and oxygen atoms in total. The van der Waals surface area contributed by atoms with Crippen molar-refractivity contribution in [3.8, 4) is 11.5 Å². The molecule has 2 aromatic carbocycles. The molecule has 0 spiro atoms. The Bertz CT molecular complexity index is 1090. The van der Waals surface area contributed by atoms with Crippen LogP contribution in [0.2, 0.25) is 0 Å². The molecule has 1 heterocycles. The van der Waals surface area contributed by atoms with Crippen molar-refractivity contribution >= 4 is 51.9 Å². The Morgan fingerprint density at radius 1 is 1.29 bits per heavy atom. The van der Waals surface area contributed by atoms with Gasteiger partial charge in [-0.15, -0.1) is 0 Å². The number of nitro benzene ring substituents is 1. The number of ether oxygens (including phenoxy) is 2. The van der Waals surface area contributed by atoms with Crippen LogP contribution in [-0.4, -0.2) is 44.8 Å². The molecule has 0 saturated carbocycles. The monoisotopic (exact) mass is 460 g/mol. The van der Waals surface area contributed by atoms with Crippen molar-refractivity contribution in [1.82, 2.24) is 4.90 Å². The van der Waals surface area contributed by atoms with Crippen molar-refractivity contribution in [1.29, 1.82) is 0 Å². The molecule has 11 heteroatoms. The zero-order valence-electron chi connectivity index (χ0n) is 16.1. The molecule has 160 valence electrons. The minimum Gasteiger partial charge on any atom is -0.493 e. The molecule has 1 amide bonds. The Hall–Kier alpha value is -3.44. The number of nitrogens with zero attached hydrogens (tertiary/aromatic N) is 2.